The first kappa shape index (κ1) is 12.0. The number of rotatable bonds is 3. The summed E-state index contributed by atoms with van der Waals surface area (Å²) < 4.78 is 0. The predicted octanol–water partition coefficient (Wildman–Crippen LogP) is 1.57. The van der Waals surface area contributed by atoms with Crippen LogP contribution in [0.2, 0.25) is 0 Å². The van der Waals surface area contributed by atoms with Gasteiger partial charge in [0.2, 0.25) is 0 Å². The lowest BCUT2D eigenvalue weighted by molar-refractivity contribution is 0.724. The third kappa shape index (κ3) is 2.82. The molecule has 0 aromatic heterocycles. The maximum atomic E-state index is 3.43. The van der Waals surface area contributed by atoms with Gasteiger partial charge in [0, 0.05) is 39.4 Å². The molecule has 1 aliphatic heterocycles. The Hall–Kier alpha value is -1.42. The van der Waals surface area contributed by atoms with E-state index in [0.717, 1.165) is 37.6 Å². The third-order valence-electron chi connectivity index (χ3n) is 3.25. The van der Waals surface area contributed by atoms with E-state index in [1.54, 1.807) is 0 Å². The molecule has 4 heteroatoms. The van der Waals surface area contributed by atoms with Crippen molar-refractivity contribution in [2.45, 2.75) is 6.42 Å². The van der Waals surface area contributed by atoms with Crippen molar-refractivity contribution in [2.24, 2.45) is 0 Å². The molecule has 0 unspecified atom stereocenters. The van der Waals surface area contributed by atoms with Gasteiger partial charge in [0.05, 0.1) is 11.4 Å². The number of anilines is 3. The molecule has 1 fully saturated rings. The monoisotopic (exact) mass is 234 g/mol. The largest absolute Gasteiger partial charge is 0.386 e. The molecular formula is C13H22N4. The van der Waals surface area contributed by atoms with Gasteiger partial charge in [-0.3, -0.25) is 0 Å². The van der Waals surface area contributed by atoms with E-state index in [4.69, 9.17) is 0 Å². The van der Waals surface area contributed by atoms with Crippen LogP contribution in [0.4, 0.5) is 17.1 Å². The fourth-order valence-corrected chi connectivity index (χ4v) is 2.26. The van der Waals surface area contributed by atoms with Crippen molar-refractivity contribution in [3.05, 3.63) is 18.2 Å². The zero-order valence-electron chi connectivity index (χ0n) is 10.7. The summed E-state index contributed by atoms with van der Waals surface area (Å²) in [5.74, 6) is 0. The van der Waals surface area contributed by atoms with Crippen molar-refractivity contribution in [1.29, 1.82) is 0 Å². The first-order chi connectivity index (χ1) is 8.35. The first-order valence-electron chi connectivity index (χ1n) is 6.30. The second-order valence-corrected chi connectivity index (χ2v) is 4.32. The van der Waals surface area contributed by atoms with E-state index in [-0.39, 0.29) is 0 Å². The Morgan fingerprint density at radius 1 is 1.06 bits per heavy atom. The fraction of sp³-hybridized carbons (Fsp3) is 0.538. The average molecular weight is 234 g/mol. The lowest BCUT2D eigenvalue weighted by Crippen LogP contribution is -2.27. The van der Waals surface area contributed by atoms with Crippen molar-refractivity contribution in [3.63, 3.8) is 0 Å². The molecule has 0 radical (unpaired) electrons. The summed E-state index contributed by atoms with van der Waals surface area (Å²) in [6.07, 6.45) is 1.21. The van der Waals surface area contributed by atoms with Crippen molar-refractivity contribution in [2.75, 3.05) is 55.8 Å². The average Bonchev–Trinajstić information content (AvgIpc) is 2.66. The maximum Gasteiger partial charge on any atom is 0.0594 e. The molecule has 3 N–H and O–H groups in total. The zero-order valence-corrected chi connectivity index (χ0v) is 10.7. The van der Waals surface area contributed by atoms with Gasteiger partial charge in [0.25, 0.3) is 0 Å². The molecule has 2 rings (SSSR count). The topological polar surface area (TPSA) is 39.3 Å². The fourth-order valence-electron chi connectivity index (χ4n) is 2.26. The molecule has 17 heavy (non-hydrogen) atoms. The highest BCUT2D eigenvalue weighted by molar-refractivity contribution is 5.73. The lowest BCUT2D eigenvalue weighted by Gasteiger charge is -2.23. The van der Waals surface area contributed by atoms with Crippen LogP contribution in [0.1, 0.15) is 6.42 Å². The minimum atomic E-state index is 1.07. The van der Waals surface area contributed by atoms with Crippen molar-refractivity contribution in [1.82, 2.24) is 5.32 Å². The van der Waals surface area contributed by atoms with Crippen molar-refractivity contribution in [3.8, 4) is 0 Å². The second kappa shape index (κ2) is 5.77. The van der Waals surface area contributed by atoms with E-state index in [0.29, 0.717) is 0 Å². The van der Waals surface area contributed by atoms with Crippen LogP contribution in [-0.4, -0.2) is 40.3 Å². The van der Waals surface area contributed by atoms with Gasteiger partial charge in [-0.05, 0) is 31.2 Å². The Balaban J connectivity index is 2.19. The van der Waals surface area contributed by atoms with Crippen LogP contribution in [-0.2, 0) is 0 Å². The summed E-state index contributed by atoms with van der Waals surface area (Å²) in [5.41, 5.74) is 3.60. The summed E-state index contributed by atoms with van der Waals surface area (Å²) in [6, 6.07) is 6.55. The number of nitrogens with zero attached hydrogens (tertiary/aromatic N) is 1. The molecule has 1 aromatic rings. The standard InChI is InChI=1S/C13H22N4/c1-14-12-5-4-11(10-13(12)15-2)17-8-3-6-16-7-9-17/h4-5,10,14-16H,3,6-9H2,1-2H3. The highest BCUT2D eigenvalue weighted by Crippen LogP contribution is 2.27. The highest BCUT2D eigenvalue weighted by atomic mass is 15.2. The molecule has 0 atom stereocenters. The summed E-state index contributed by atoms with van der Waals surface area (Å²) in [6.45, 7) is 4.42. The number of hydrogen-bond acceptors (Lipinski definition) is 4. The Labute approximate surface area is 103 Å². The summed E-state index contributed by atoms with van der Waals surface area (Å²) >= 11 is 0. The SMILES string of the molecule is CNc1ccc(N2CCCNCC2)cc1NC. The van der Waals surface area contributed by atoms with Crippen molar-refractivity contribution < 1.29 is 0 Å². The van der Waals surface area contributed by atoms with Gasteiger partial charge >= 0.3 is 0 Å². The van der Waals surface area contributed by atoms with Gasteiger partial charge in [-0.1, -0.05) is 0 Å². The van der Waals surface area contributed by atoms with Crippen LogP contribution in [0, 0.1) is 0 Å². The van der Waals surface area contributed by atoms with Gasteiger partial charge in [0.15, 0.2) is 0 Å². The number of hydrogen-bond donors (Lipinski definition) is 3. The zero-order chi connectivity index (χ0) is 12.1. The first-order valence-corrected chi connectivity index (χ1v) is 6.30. The molecule has 0 saturated carbocycles. The molecule has 0 spiro atoms. The van der Waals surface area contributed by atoms with Gasteiger partial charge in [-0.15, -0.1) is 0 Å². The Kier molecular flexibility index (Phi) is 4.09. The smallest absolute Gasteiger partial charge is 0.0594 e. The molecule has 4 nitrogen and oxygen atoms in total. The van der Waals surface area contributed by atoms with E-state index < -0.39 is 0 Å². The van der Waals surface area contributed by atoms with E-state index in [1.807, 2.05) is 14.1 Å². The van der Waals surface area contributed by atoms with Crippen LogP contribution < -0.4 is 20.9 Å². The summed E-state index contributed by atoms with van der Waals surface area (Å²) in [7, 11) is 3.91. The quantitative estimate of drug-likeness (QED) is 0.742. The van der Waals surface area contributed by atoms with Crippen LogP contribution in [0.3, 0.4) is 0 Å². The molecule has 0 aliphatic carbocycles. The molecule has 94 valence electrons. The summed E-state index contributed by atoms with van der Waals surface area (Å²) in [5, 5.41) is 9.86. The predicted molar refractivity (Wildman–Crippen MR) is 75.2 cm³/mol. The lowest BCUT2D eigenvalue weighted by atomic mass is 10.2. The number of benzene rings is 1. The minimum absolute atomic E-state index is 1.07. The summed E-state index contributed by atoms with van der Waals surface area (Å²) in [4.78, 5) is 2.44. The van der Waals surface area contributed by atoms with E-state index >= 15 is 0 Å². The van der Waals surface area contributed by atoms with E-state index in [1.165, 1.54) is 12.1 Å². The van der Waals surface area contributed by atoms with Gasteiger partial charge in [0.1, 0.15) is 0 Å². The van der Waals surface area contributed by atoms with Crippen LogP contribution in [0.25, 0.3) is 0 Å². The third-order valence-corrected chi connectivity index (χ3v) is 3.25. The number of nitrogens with one attached hydrogen (secondary N) is 3. The van der Waals surface area contributed by atoms with Gasteiger partial charge in [-0.25, -0.2) is 0 Å². The van der Waals surface area contributed by atoms with Gasteiger partial charge < -0.3 is 20.9 Å². The maximum absolute atomic E-state index is 3.43. The normalized spacial score (nSPS) is 16.5. The molecular weight excluding hydrogens is 212 g/mol. The molecule has 1 aromatic carbocycles. The van der Waals surface area contributed by atoms with E-state index in [2.05, 4.69) is 39.0 Å². The minimum Gasteiger partial charge on any atom is -0.386 e. The highest BCUT2D eigenvalue weighted by Gasteiger charge is 2.10. The molecule has 0 amide bonds. The van der Waals surface area contributed by atoms with Crippen molar-refractivity contribution >= 4 is 17.1 Å². The molecule has 1 aliphatic rings. The van der Waals surface area contributed by atoms with Crippen LogP contribution in [0.5, 0.6) is 0 Å². The Bertz CT molecular complexity index is 356. The van der Waals surface area contributed by atoms with Crippen LogP contribution in [0.15, 0.2) is 18.2 Å². The molecule has 1 heterocycles. The molecule has 1 saturated heterocycles. The Morgan fingerprint density at radius 2 is 1.88 bits per heavy atom. The Morgan fingerprint density at radius 3 is 2.65 bits per heavy atom. The van der Waals surface area contributed by atoms with Gasteiger partial charge in [-0.2, -0.15) is 0 Å². The van der Waals surface area contributed by atoms with Crippen LogP contribution >= 0.6 is 0 Å². The van der Waals surface area contributed by atoms with E-state index in [9.17, 15) is 0 Å². The second-order valence-electron chi connectivity index (χ2n) is 4.32. The molecule has 0 bridgehead atoms.